The van der Waals surface area contributed by atoms with E-state index in [-0.39, 0.29) is 17.9 Å². The molecule has 2 amide bonds. The van der Waals surface area contributed by atoms with E-state index in [9.17, 15) is 14.3 Å². The Hall–Kier alpha value is -1.66. The van der Waals surface area contributed by atoms with Gasteiger partial charge in [0.1, 0.15) is 5.82 Å². The molecular formula is C17H26FN3O2. The minimum Gasteiger partial charge on any atom is -0.392 e. The van der Waals surface area contributed by atoms with Crippen LogP contribution in [0.25, 0.3) is 0 Å². The van der Waals surface area contributed by atoms with E-state index in [1.807, 2.05) is 12.1 Å². The Kier molecular flexibility index (Phi) is 6.36. The Bertz CT molecular complexity index is 499. The molecule has 1 atom stereocenters. The smallest absolute Gasteiger partial charge is 0.317 e. The molecule has 5 nitrogen and oxygen atoms in total. The maximum absolute atomic E-state index is 12.9. The highest BCUT2D eigenvalue weighted by molar-refractivity contribution is 5.74. The van der Waals surface area contributed by atoms with Gasteiger partial charge in [-0.2, -0.15) is 0 Å². The summed E-state index contributed by atoms with van der Waals surface area (Å²) in [5, 5.41) is 12.3. The monoisotopic (exact) mass is 323 g/mol. The van der Waals surface area contributed by atoms with E-state index in [1.165, 1.54) is 17.0 Å². The van der Waals surface area contributed by atoms with E-state index < -0.39 is 6.10 Å². The summed E-state index contributed by atoms with van der Waals surface area (Å²) in [5.74, 6) is -0.212. The summed E-state index contributed by atoms with van der Waals surface area (Å²) in [7, 11) is 1.69. The first-order valence-electron chi connectivity index (χ1n) is 8.10. The SMILES string of the molecule is CC(O)CN(C)C(=O)NC1CCN(Cc2ccc(F)cc2)CC1. The number of hydrogen-bond acceptors (Lipinski definition) is 3. The number of carbonyl (C=O) groups excluding carboxylic acids is 1. The standard InChI is InChI=1S/C17H26FN3O2/c1-13(22)11-20(2)17(23)19-16-7-9-21(10-8-16)12-14-3-5-15(18)6-4-14/h3-6,13,16,22H,7-12H2,1-2H3,(H,19,23). The van der Waals surface area contributed by atoms with Gasteiger partial charge in [0.2, 0.25) is 0 Å². The van der Waals surface area contributed by atoms with Crippen molar-refractivity contribution in [1.82, 2.24) is 15.1 Å². The molecule has 1 aliphatic heterocycles. The average molecular weight is 323 g/mol. The van der Waals surface area contributed by atoms with Crippen LogP contribution in [0.4, 0.5) is 9.18 Å². The van der Waals surface area contributed by atoms with Gasteiger partial charge in [-0.3, -0.25) is 4.90 Å². The van der Waals surface area contributed by atoms with Gasteiger partial charge in [-0.1, -0.05) is 12.1 Å². The lowest BCUT2D eigenvalue weighted by molar-refractivity contribution is 0.137. The van der Waals surface area contributed by atoms with E-state index in [4.69, 9.17) is 0 Å². The first-order valence-corrected chi connectivity index (χ1v) is 8.10. The van der Waals surface area contributed by atoms with Gasteiger partial charge in [0.15, 0.2) is 0 Å². The molecule has 23 heavy (non-hydrogen) atoms. The lowest BCUT2D eigenvalue weighted by Crippen LogP contribution is -2.49. The van der Waals surface area contributed by atoms with Gasteiger partial charge >= 0.3 is 6.03 Å². The van der Waals surface area contributed by atoms with Crippen molar-refractivity contribution in [2.75, 3.05) is 26.7 Å². The predicted octanol–water partition coefficient (Wildman–Crippen LogP) is 1.81. The number of amides is 2. The van der Waals surface area contributed by atoms with E-state index in [1.54, 1.807) is 14.0 Å². The van der Waals surface area contributed by atoms with Crippen molar-refractivity contribution in [3.63, 3.8) is 0 Å². The van der Waals surface area contributed by atoms with Gasteiger partial charge in [0, 0.05) is 39.3 Å². The third kappa shape index (κ3) is 5.80. The van der Waals surface area contributed by atoms with Gasteiger partial charge in [-0.05, 0) is 37.5 Å². The number of nitrogens with one attached hydrogen (secondary N) is 1. The second-order valence-corrected chi connectivity index (χ2v) is 6.36. The molecular weight excluding hydrogens is 297 g/mol. The van der Waals surface area contributed by atoms with Crippen LogP contribution >= 0.6 is 0 Å². The van der Waals surface area contributed by atoms with Crippen molar-refractivity contribution in [2.45, 2.75) is 38.5 Å². The summed E-state index contributed by atoms with van der Waals surface area (Å²) in [6.07, 6.45) is 1.27. The molecule has 0 aromatic heterocycles. The molecule has 0 radical (unpaired) electrons. The molecule has 1 unspecified atom stereocenters. The molecule has 2 rings (SSSR count). The van der Waals surface area contributed by atoms with Gasteiger partial charge in [-0.25, -0.2) is 9.18 Å². The minimum absolute atomic E-state index is 0.136. The second kappa shape index (κ2) is 8.26. The molecule has 1 aromatic rings. The minimum atomic E-state index is -0.525. The number of aliphatic hydroxyl groups is 1. The van der Waals surface area contributed by atoms with Crippen LogP contribution < -0.4 is 5.32 Å². The zero-order valence-electron chi connectivity index (χ0n) is 13.8. The zero-order chi connectivity index (χ0) is 16.8. The van der Waals surface area contributed by atoms with Crippen LogP contribution in [0.5, 0.6) is 0 Å². The maximum Gasteiger partial charge on any atom is 0.317 e. The molecule has 1 aliphatic rings. The van der Waals surface area contributed by atoms with Crippen molar-refractivity contribution in [2.24, 2.45) is 0 Å². The molecule has 1 aromatic carbocycles. The van der Waals surface area contributed by atoms with E-state index in [2.05, 4.69) is 10.2 Å². The molecule has 1 fully saturated rings. The third-order valence-corrected chi connectivity index (χ3v) is 4.12. The molecule has 0 bridgehead atoms. The van der Waals surface area contributed by atoms with Gasteiger partial charge in [0.25, 0.3) is 0 Å². The number of piperidine rings is 1. The van der Waals surface area contributed by atoms with Crippen LogP contribution in [0, 0.1) is 5.82 Å². The molecule has 1 saturated heterocycles. The fourth-order valence-corrected chi connectivity index (χ4v) is 2.85. The summed E-state index contributed by atoms with van der Waals surface area (Å²) in [6, 6.07) is 6.63. The number of likely N-dealkylation sites (tertiary alicyclic amines) is 1. The van der Waals surface area contributed by atoms with Gasteiger partial charge < -0.3 is 15.3 Å². The zero-order valence-corrected chi connectivity index (χ0v) is 13.8. The fraction of sp³-hybridized carbons (Fsp3) is 0.588. The molecule has 1 heterocycles. The van der Waals surface area contributed by atoms with Crippen LogP contribution in [0.2, 0.25) is 0 Å². The topological polar surface area (TPSA) is 55.8 Å². The Balaban J connectivity index is 1.73. The highest BCUT2D eigenvalue weighted by atomic mass is 19.1. The maximum atomic E-state index is 12.9. The molecule has 2 N–H and O–H groups in total. The van der Waals surface area contributed by atoms with Crippen LogP contribution in [0.1, 0.15) is 25.3 Å². The van der Waals surface area contributed by atoms with Crippen molar-refractivity contribution in [3.05, 3.63) is 35.6 Å². The predicted molar refractivity (Wildman–Crippen MR) is 87.5 cm³/mol. The van der Waals surface area contributed by atoms with Crippen molar-refractivity contribution in [1.29, 1.82) is 0 Å². The van der Waals surface area contributed by atoms with Crippen molar-refractivity contribution in [3.8, 4) is 0 Å². The number of aliphatic hydroxyl groups excluding tert-OH is 1. The number of likely N-dealkylation sites (N-methyl/N-ethyl adjacent to an activating group) is 1. The Morgan fingerprint density at radius 3 is 2.57 bits per heavy atom. The summed E-state index contributed by atoms with van der Waals surface area (Å²) < 4.78 is 12.9. The van der Waals surface area contributed by atoms with Crippen LogP contribution in [0.15, 0.2) is 24.3 Å². The van der Waals surface area contributed by atoms with E-state index in [0.717, 1.165) is 38.0 Å². The third-order valence-electron chi connectivity index (χ3n) is 4.12. The lowest BCUT2D eigenvalue weighted by Gasteiger charge is -2.33. The van der Waals surface area contributed by atoms with Crippen molar-refractivity contribution < 1.29 is 14.3 Å². The average Bonchev–Trinajstić information content (AvgIpc) is 2.51. The van der Waals surface area contributed by atoms with E-state index in [0.29, 0.717) is 6.54 Å². The number of rotatable bonds is 5. The normalized spacial score (nSPS) is 17.7. The van der Waals surface area contributed by atoms with Crippen molar-refractivity contribution >= 4 is 6.03 Å². The number of halogens is 1. The Morgan fingerprint density at radius 2 is 2.00 bits per heavy atom. The number of urea groups is 1. The quantitative estimate of drug-likeness (QED) is 0.869. The highest BCUT2D eigenvalue weighted by Gasteiger charge is 2.22. The van der Waals surface area contributed by atoms with Gasteiger partial charge in [-0.15, -0.1) is 0 Å². The van der Waals surface area contributed by atoms with Crippen LogP contribution in [-0.4, -0.2) is 59.8 Å². The Labute approximate surface area is 137 Å². The summed E-state index contributed by atoms with van der Waals surface area (Å²) >= 11 is 0. The number of carbonyl (C=O) groups is 1. The molecule has 0 saturated carbocycles. The second-order valence-electron chi connectivity index (χ2n) is 6.36. The largest absolute Gasteiger partial charge is 0.392 e. The summed E-state index contributed by atoms with van der Waals surface area (Å²) in [4.78, 5) is 15.8. The molecule has 128 valence electrons. The number of hydrogen-bond donors (Lipinski definition) is 2. The first kappa shape index (κ1) is 17.7. The Morgan fingerprint density at radius 1 is 1.39 bits per heavy atom. The number of nitrogens with zero attached hydrogens (tertiary/aromatic N) is 2. The summed E-state index contributed by atoms with van der Waals surface area (Å²) in [5.41, 5.74) is 1.10. The van der Waals surface area contributed by atoms with E-state index >= 15 is 0 Å². The van der Waals surface area contributed by atoms with Gasteiger partial charge in [0.05, 0.1) is 6.10 Å². The molecule has 0 aliphatic carbocycles. The molecule has 0 spiro atoms. The van der Waals surface area contributed by atoms with Crippen LogP contribution in [-0.2, 0) is 6.54 Å². The number of benzene rings is 1. The fourth-order valence-electron chi connectivity index (χ4n) is 2.85. The highest BCUT2D eigenvalue weighted by Crippen LogP contribution is 2.14. The first-order chi connectivity index (χ1) is 10.9. The lowest BCUT2D eigenvalue weighted by atomic mass is 10.0. The summed E-state index contributed by atoms with van der Waals surface area (Å²) in [6.45, 7) is 4.61. The molecule has 6 heteroatoms. The van der Waals surface area contributed by atoms with Crippen LogP contribution in [0.3, 0.4) is 0 Å².